The maximum absolute atomic E-state index is 6.08. The first kappa shape index (κ1) is 17.5. The molecule has 0 saturated heterocycles. The van der Waals surface area contributed by atoms with E-state index >= 15 is 0 Å². The van der Waals surface area contributed by atoms with Gasteiger partial charge in [0.05, 0.1) is 13.2 Å². The molecule has 0 bridgehead atoms. The SMILES string of the molecule is CCC/C=C/COC1(OC/C=C/CCC)CCCCC1. The van der Waals surface area contributed by atoms with Gasteiger partial charge in [-0.05, 0) is 25.7 Å². The third-order valence-corrected chi connectivity index (χ3v) is 3.74. The van der Waals surface area contributed by atoms with E-state index in [0.29, 0.717) is 13.2 Å². The molecule has 2 heteroatoms. The van der Waals surface area contributed by atoms with E-state index in [9.17, 15) is 0 Å². The van der Waals surface area contributed by atoms with Crippen LogP contribution in [-0.2, 0) is 9.47 Å². The molecule has 0 aromatic heterocycles. The second kappa shape index (κ2) is 11.1. The lowest BCUT2D eigenvalue weighted by atomic mass is 9.94. The quantitative estimate of drug-likeness (QED) is 0.394. The predicted molar refractivity (Wildman–Crippen MR) is 85.8 cm³/mol. The Hall–Kier alpha value is -0.600. The molecule has 1 saturated carbocycles. The molecule has 20 heavy (non-hydrogen) atoms. The van der Waals surface area contributed by atoms with Crippen LogP contribution in [0.1, 0.15) is 71.6 Å². The van der Waals surface area contributed by atoms with Crippen molar-refractivity contribution in [1.29, 1.82) is 0 Å². The van der Waals surface area contributed by atoms with E-state index in [1.54, 1.807) is 0 Å². The lowest BCUT2D eigenvalue weighted by Crippen LogP contribution is -2.38. The summed E-state index contributed by atoms with van der Waals surface area (Å²) >= 11 is 0. The molecular formula is C18H32O2. The van der Waals surface area contributed by atoms with Crippen molar-refractivity contribution >= 4 is 0 Å². The van der Waals surface area contributed by atoms with E-state index < -0.39 is 0 Å². The molecule has 0 aromatic carbocycles. The second-order valence-electron chi connectivity index (χ2n) is 5.61. The maximum Gasteiger partial charge on any atom is 0.169 e. The Morgan fingerprint density at radius 1 is 0.750 bits per heavy atom. The fraction of sp³-hybridized carbons (Fsp3) is 0.778. The first-order valence-corrected chi connectivity index (χ1v) is 8.41. The number of ether oxygens (including phenoxy) is 2. The van der Waals surface area contributed by atoms with Crippen LogP contribution in [0.5, 0.6) is 0 Å². The van der Waals surface area contributed by atoms with Crippen LogP contribution < -0.4 is 0 Å². The molecule has 1 aliphatic carbocycles. The second-order valence-corrected chi connectivity index (χ2v) is 5.61. The molecule has 0 N–H and O–H groups in total. The third kappa shape index (κ3) is 7.25. The molecule has 0 aliphatic heterocycles. The highest BCUT2D eigenvalue weighted by molar-refractivity contribution is 4.86. The van der Waals surface area contributed by atoms with Gasteiger partial charge in [0, 0.05) is 12.8 Å². The van der Waals surface area contributed by atoms with Gasteiger partial charge in [-0.3, -0.25) is 0 Å². The molecule has 2 nitrogen and oxygen atoms in total. The summed E-state index contributed by atoms with van der Waals surface area (Å²) in [5.74, 6) is -0.328. The average Bonchev–Trinajstić information content (AvgIpc) is 2.48. The summed E-state index contributed by atoms with van der Waals surface area (Å²) in [5, 5.41) is 0. The molecule has 0 spiro atoms. The molecule has 1 fully saturated rings. The molecule has 1 rings (SSSR count). The van der Waals surface area contributed by atoms with Crippen LogP contribution in [0.4, 0.5) is 0 Å². The molecule has 116 valence electrons. The normalized spacial score (nSPS) is 19.1. The summed E-state index contributed by atoms with van der Waals surface area (Å²) in [6.07, 6.45) is 19.2. The lowest BCUT2D eigenvalue weighted by molar-refractivity contribution is -0.241. The molecule has 0 amide bonds. The van der Waals surface area contributed by atoms with E-state index in [1.807, 2.05) is 0 Å². The number of hydrogen-bond donors (Lipinski definition) is 0. The van der Waals surface area contributed by atoms with Crippen LogP contribution >= 0.6 is 0 Å². The van der Waals surface area contributed by atoms with Crippen LogP contribution in [0.3, 0.4) is 0 Å². The minimum Gasteiger partial charge on any atom is -0.346 e. The molecule has 0 aromatic rings. The van der Waals surface area contributed by atoms with Crippen LogP contribution in [-0.4, -0.2) is 19.0 Å². The van der Waals surface area contributed by atoms with E-state index in [-0.39, 0.29) is 5.79 Å². The summed E-state index contributed by atoms with van der Waals surface area (Å²) < 4.78 is 12.2. The number of hydrogen-bond acceptors (Lipinski definition) is 2. The maximum atomic E-state index is 6.08. The fourth-order valence-electron chi connectivity index (χ4n) is 2.53. The highest BCUT2D eigenvalue weighted by atomic mass is 16.7. The van der Waals surface area contributed by atoms with Gasteiger partial charge < -0.3 is 9.47 Å². The smallest absolute Gasteiger partial charge is 0.169 e. The summed E-state index contributed by atoms with van der Waals surface area (Å²) in [6.45, 7) is 5.75. The minimum atomic E-state index is -0.328. The Kier molecular flexibility index (Phi) is 9.69. The first-order chi connectivity index (χ1) is 9.83. The highest BCUT2D eigenvalue weighted by Gasteiger charge is 2.33. The first-order valence-electron chi connectivity index (χ1n) is 8.41. The van der Waals surface area contributed by atoms with Gasteiger partial charge in [0.1, 0.15) is 0 Å². The standard InChI is InChI=1S/C18H32O2/c1-3-5-7-12-16-19-18(14-10-9-11-15-18)20-17-13-8-6-4-2/h7-8,12-13H,3-6,9-11,14-17H2,1-2H3/b12-7+,13-8+. The molecule has 0 unspecified atom stereocenters. The van der Waals surface area contributed by atoms with Gasteiger partial charge >= 0.3 is 0 Å². The largest absolute Gasteiger partial charge is 0.346 e. The zero-order valence-corrected chi connectivity index (χ0v) is 13.4. The Labute approximate surface area is 125 Å². The summed E-state index contributed by atoms with van der Waals surface area (Å²) in [7, 11) is 0. The van der Waals surface area contributed by atoms with Crippen molar-refractivity contribution in [1.82, 2.24) is 0 Å². The van der Waals surface area contributed by atoms with Gasteiger partial charge in [0.15, 0.2) is 5.79 Å². The van der Waals surface area contributed by atoms with Crippen LogP contribution in [0.25, 0.3) is 0 Å². The van der Waals surface area contributed by atoms with Crippen molar-refractivity contribution in [3.8, 4) is 0 Å². The van der Waals surface area contributed by atoms with E-state index in [0.717, 1.165) is 25.7 Å². The van der Waals surface area contributed by atoms with Crippen LogP contribution in [0.15, 0.2) is 24.3 Å². The van der Waals surface area contributed by atoms with Gasteiger partial charge in [-0.25, -0.2) is 0 Å². The third-order valence-electron chi connectivity index (χ3n) is 3.74. The molecule has 1 aliphatic rings. The topological polar surface area (TPSA) is 18.5 Å². The van der Waals surface area contributed by atoms with Gasteiger partial charge in [0.2, 0.25) is 0 Å². The Balaban J connectivity index is 2.36. The van der Waals surface area contributed by atoms with E-state index in [4.69, 9.17) is 9.47 Å². The zero-order chi connectivity index (χ0) is 14.5. The van der Waals surface area contributed by atoms with Gasteiger partial charge in [-0.2, -0.15) is 0 Å². The highest BCUT2D eigenvalue weighted by Crippen LogP contribution is 2.32. The molecule has 0 heterocycles. The summed E-state index contributed by atoms with van der Waals surface area (Å²) in [6, 6.07) is 0. The van der Waals surface area contributed by atoms with Crippen molar-refractivity contribution < 1.29 is 9.47 Å². The van der Waals surface area contributed by atoms with E-state index in [1.165, 1.54) is 32.1 Å². The van der Waals surface area contributed by atoms with Crippen molar-refractivity contribution in [2.75, 3.05) is 13.2 Å². The van der Waals surface area contributed by atoms with Gasteiger partial charge in [-0.1, -0.05) is 57.4 Å². The van der Waals surface area contributed by atoms with Crippen molar-refractivity contribution in [3.63, 3.8) is 0 Å². The Bertz CT molecular complexity index is 253. The van der Waals surface area contributed by atoms with Crippen molar-refractivity contribution in [2.24, 2.45) is 0 Å². The van der Waals surface area contributed by atoms with Gasteiger partial charge in [-0.15, -0.1) is 0 Å². The predicted octanol–water partition coefficient (Wildman–Crippen LogP) is 5.39. The number of rotatable bonds is 10. The summed E-state index contributed by atoms with van der Waals surface area (Å²) in [5.41, 5.74) is 0. The average molecular weight is 280 g/mol. The Morgan fingerprint density at radius 3 is 1.70 bits per heavy atom. The lowest BCUT2D eigenvalue weighted by Gasteiger charge is -2.36. The minimum absolute atomic E-state index is 0.328. The number of allylic oxidation sites excluding steroid dienone is 2. The summed E-state index contributed by atoms with van der Waals surface area (Å²) in [4.78, 5) is 0. The van der Waals surface area contributed by atoms with Gasteiger partial charge in [0.25, 0.3) is 0 Å². The van der Waals surface area contributed by atoms with Crippen molar-refractivity contribution in [3.05, 3.63) is 24.3 Å². The Morgan fingerprint density at radius 2 is 1.25 bits per heavy atom. The molecule has 0 atom stereocenters. The fourth-order valence-corrected chi connectivity index (χ4v) is 2.53. The molecule has 0 radical (unpaired) electrons. The van der Waals surface area contributed by atoms with Crippen LogP contribution in [0, 0.1) is 0 Å². The van der Waals surface area contributed by atoms with Crippen LogP contribution in [0.2, 0.25) is 0 Å². The monoisotopic (exact) mass is 280 g/mol. The van der Waals surface area contributed by atoms with Crippen molar-refractivity contribution in [2.45, 2.75) is 77.4 Å². The van der Waals surface area contributed by atoms with E-state index in [2.05, 4.69) is 38.2 Å². The zero-order valence-electron chi connectivity index (χ0n) is 13.4. The number of unbranched alkanes of at least 4 members (excludes halogenated alkanes) is 2. The molecular weight excluding hydrogens is 248 g/mol.